The van der Waals surface area contributed by atoms with Gasteiger partial charge in [-0.25, -0.2) is 8.42 Å². The quantitative estimate of drug-likeness (QED) is 0.868. The van der Waals surface area contributed by atoms with Gasteiger partial charge in [0.15, 0.2) is 0 Å². The third-order valence-electron chi connectivity index (χ3n) is 3.97. The number of rotatable bonds is 5. The number of carbonyl (C=O) groups is 1. The minimum absolute atomic E-state index is 0.105. The Hall–Kier alpha value is -1.40. The first-order valence-corrected chi connectivity index (χ1v) is 8.00. The summed E-state index contributed by atoms with van der Waals surface area (Å²) in [6, 6.07) is 4.78. The predicted molar refractivity (Wildman–Crippen MR) is 75.0 cm³/mol. The summed E-state index contributed by atoms with van der Waals surface area (Å²) < 4.78 is 27.1. The first-order valence-electron chi connectivity index (χ1n) is 6.51. The van der Waals surface area contributed by atoms with Gasteiger partial charge in [0.05, 0.1) is 4.90 Å². The highest BCUT2D eigenvalue weighted by Crippen LogP contribution is 2.40. The monoisotopic (exact) mass is 297 g/mol. The Bertz CT molecular complexity index is 649. The maximum absolute atomic E-state index is 12.4. The summed E-state index contributed by atoms with van der Waals surface area (Å²) >= 11 is 0. The zero-order valence-corrected chi connectivity index (χ0v) is 12.6. The maximum Gasteiger partial charge on any atom is 0.324 e. The van der Waals surface area contributed by atoms with Gasteiger partial charge in [-0.05, 0) is 62.8 Å². The van der Waals surface area contributed by atoms with Crippen LogP contribution in [0.2, 0.25) is 0 Å². The molecule has 0 bridgehead atoms. The number of hydrogen-bond donors (Lipinski definition) is 2. The van der Waals surface area contributed by atoms with Gasteiger partial charge in [-0.1, -0.05) is 6.07 Å². The van der Waals surface area contributed by atoms with E-state index in [1.54, 1.807) is 12.1 Å². The number of aryl methyl sites for hydroxylation is 2. The number of carboxylic acid groups (broad SMARTS) is 1. The zero-order valence-electron chi connectivity index (χ0n) is 11.8. The van der Waals surface area contributed by atoms with E-state index in [1.807, 2.05) is 13.8 Å². The number of sulfonamides is 1. The van der Waals surface area contributed by atoms with Crippen LogP contribution in [0.1, 0.15) is 30.9 Å². The fraction of sp³-hybridized carbons (Fsp3) is 0.500. The van der Waals surface area contributed by atoms with Crippen LogP contribution >= 0.6 is 0 Å². The smallest absolute Gasteiger partial charge is 0.324 e. The Kier molecular flexibility index (Phi) is 3.64. The molecule has 1 aliphatic rings. The van der Waals surface area contributed by atoms with Gasteiger partial charge in [0.25, 0.3) is 0 Å². The van der Waals surface area contributed by atoms with Gasteiger partial charge >= 0.3 is 5.97 Å². The third kappa shape index (κ3) is 2.71. The zero-order chi connectivity index (χ0) is 15.1. The van der Waals surface area contributed by atoms with Crippen LogP contribution in [-0.2, 0) is 14.8 Å². The molecule has 0 aromatic heterocycles. The number of benzene rings is 1. The summed E-state index contributed by atoms with van der Waals surface area (Å²) in [6.07, 6.45) is 1.47. The van der Waals surface area contributed by atoms with E-state index in [9.17, 15) is 18.3 Å². The Morgan fingerprint density at radius 1 is 1.30 bits per heavy atom. The van der Waals surface area contributed by atoms with Gasteiger partial charge in [-0.2, -0.15) is 4.72 Å². The molecule has 0 spiro atoms. The van der Waals surface area contributed by atoms with E-state index in [0.717, 1.165) is 24.0 Å². The van der Waals surface area contributed by atoms with E-state index >= 15 is 0 Å². The van der Waals surface area contributed by atoms with Gasteiger partial charge < -0.3 is 5.11 Å². The molecule has 1 aliphatic carbocycles. The second-order valence-corrected chi connectivity index (χ2v) is 7.32. The van der Waals surface area contributed by atoms with Gasteiger partial charge in [-0.3, -0.25) is 4.79 Å². The van der Waals surface area contributed by atoms with Crippen molar-refractivity contribution < 1.29 is 18.3 Å². The fourth-order valence-electron chi connectivity index (χ4n) is 2.18. The highest BCUT2D eigenvalue weighted by atomic mass is 32.2. The summed E-state index contributed by atoms with van der Waals surface area (Å²) in [5, 5.41) is 9.32. The second-order valence-electron chi connectivity index (χ2n) is 5.63. The molecule has 0 aliphatic heterocycles. The van der Waals surface area contributed by atoms with Crippen LogP contribution < -0.4 is 4.72 Å². The van der Waals surface area contributed by atoms with E-state index in [0.29, 0.717) is 0 Å². The van der Waals surface area contributed by atoms with Crippen molar-refractivity contribution in [3.8, 4) is 0 Å². The van der Waals surface area contributed by atoms with Crippen molar-refractivity contribution in [1.29, 1.82) is 0 Å². The standard InChI is InChI=1S/C14H19NO4S/c1-9-4-7-12(8-10(9)2)20(18,19)15-14(3,13(16)17)11-5-6-11/h4,7-8,11,15H,5-6H2,1-3H3,(H,16,17). The topological polar surface area (TPSA) is 83.5 Å². The molecule has 1 aromatic rings. The number of aliphatic carboxylic acids is 1. The average molecular weight is 297 g/mol. The SMILES string of the molecule is Cc1ccc(S(=O)(=O)NC(C)(C(=O)O)C2CC2)cc1C. The fourth-order valence-corrected chi connectivity index (χ4v) is 3.69. The molecule has 1 atom stereocenters. The first kappa shape index (κ1) is 15.0. The van der Waals surface area contributed by atoms with Crippen LogP contribution in [0.4, 0.5) is 0 Å². The van der Waals surface area contributed by atoms with Crippen molar-refractivity contribution in [2.45, 2.75) is 44.0 Å². The average Bonchev–Trinajstić information content (AvgIpc) is 3.15. The van der Waals surface area contributed by atoms with E-state index in [-0.39, 0.29) is 10.8 Å². The molecule has 20 heavy (non-hydrogen) atoms. The highest BCUT2D eigenvalue weighted by molar-refractivity contribution is 7.89. The second kappa shape index (κ2) is 4.86. The minimum atomic E-state index is -3.84. The normalized spacial score (nSPS) is 18.6. The first-order chi connectivity index (χ1) is 9.17. The summed E-state index contributed by atoms with van der Waals surface area (Å²) in [7, 11) is -3.84. The minimum Gasteiger partial charge on any atom is -0.480 e. The largest absolute Gasteiger partial charge is 0.480 e. The molecule has 6 heteroatoms. The van der Waals surface area contributed by atoms with Crippen LogP contribution in [0.5, 0.6) is 0 Å². The lowest BCUT2D eigenvalue weighted by atomic mass is 9.98. The Labute approximate surface area is 119 Å². The van der Waals surface area contributed by atoms with Crippen molar-refractivity contribution in [1.82, 2.24) is 4.72 Å². The van der Waals surface area contributed by atoms with Crippen LogP contribution in [0.15, 0.2) is 23.1 Å². The lowest BCUT2D eigenvalue weighted by Crippen LogP contribution is -2.53. The lowest BCUT2D eigenvalue weighted by molar-refractivity contribution is -0.144. The molecule has 0 radical (unpaired) electrons. The summed E-state index contributed by atoms with van der Waals surface area (Å²) in [6.45, 7) is 5.15. The van der Waals surface area contributed by atoms with Crippen molar-refractivity contribution in [3.63, 3.8) is 0 Å². The summed E-state index contributed by atoms with van der Waals surface area (Å²) in [4.78, 5) is 11.5. The van der Waals surface area contributed by atoms with Crippen LogP contribution in [0, 0.1) is 19.8 Å². The summed E-state index contributed by atoms with van der Waals surface area (Å²) in [5.74, 6) is -1.27. The van der Waals surface area contributed by atoms with Gasteiger partial charge in [0.2, 0.25) is 10.0 Å². The molecule has 2 rings (SSSR count). The third-order valence-corrected chi connectivity index (χ3v) is 5.54. The molecule has 1 unspecified atom stereocenters. The van der Waals surface area contributed by atoms with Crippen molar-refractivity contribution in [2.24, 2.45) is 5.92 Å². The number of carboxylic acids is 1. The molecule has 0 saturated heterocycles. The Morgan fingerprint density at radius 2 is 1.90 bits per heavy atom. The molecule has 1 aromatic carbocycles. The predicted octanol–water partition coefficient (Wildman–Crippen LogP) is 1.84. The molecule has 1 fully saturated rings. The van der Waals surface area contributed by atoms with Gasteiger partial charge in [0, 0.05) is 0 Å². The van der Waals surface area contributed by atoms with Crippen LogP contribution in [0.25, 0.3) is 0 Å². The van der Waals surface area contributed by atoms with Gasteiger partial charge in [-0.15, -0.1) is 0 Å². The molecule has 0 amide bonds. The van der Waals surface area contributed by atoms with E-state index < -0.39 is 21.5 Å². The van der Waals surface area contributed by atoms with E-state index in [1.165, 1.54) is 13.0 Å². The molecule has 1 saturated carbocycles. The Balaban J connectivity index is 2.35. The molecular formula is C14H19NO4S. The molecule has 110 valence electrons. The van der Waals surface area contributed by atoms with Crippen LogP contribution in [0.3, 0.4) is 0 Å². The van der Waals surface area contributed by atoms with Crippen molar-refractivity contribution >= 4 is 16.0 Å². The molecule has 0 heterocycles. The molecular weight excluding hydrogens is 278 g/mol. The Morgan fingerprint density at radius 3 is 2.35 bits per heavy atom. The maximum atomic E-state index is 12.4. The number of hydrogen-bond acceptors (Lipinski definition) is 3. The van der Waals surface area contributed by atoms with Gasteiger partial charge in [0.1, 0.15) is 5.54 Å². The summed E-state index contributed by atoms with van der Waals surface area (Å²) in [5.41, 5.74) is 0.418. The molecule has 2 N–H and O–H groups in total. The van der Waals surface area contributed by atoms with E-state index in [4.69, 9.17) is 0 Å². The van der Waals surface area contributed by atoms with Crippen molar-refractivity contribution in [3.05, 3.63) is 29.3 Å². The number of nitrogens with one attached hydrogen (secondary N) is 1. The molecule has 5 nitrogen and oxygen atoms in total. The van der Waals surface area contributed by atoms with E-state index in [2.05, 4.69) is 4.72 Å². The van der Waals surface area contributed by atoms with Crippen LogP contribution in [-0.4, -0.2) is 25.0 Å². The van der Waals surface area contributed by atoms with Crippen molar-refractivity contribution in [2.75, 3.05) is 0 Å². The highest BCUT2D eigenvalue weighted by Gasteiger charge is 2.50. The lowest BCUT2D eigenvalue weighted by Gasteiger charge is -2.25.